The Morgan fingerprint density at radius 2 is 2.33 bits per heavy atom. The highest BCUT2D eigenvalue weighted by Gasteiger charge is 2.03. The molecule has 0 aliphatic carbocycles. The number of guanidine groups is 1. The maximum Gasteiger partial charge on any atom is 0.189 e. The molecule has 0 amide bonds. The van der Waals surface area contributed by atoms with Crippen LogP contribution in [0.5, 0.6) is 0 Å². The van der Waals surface area contributed by atoms with Gasteiger partial charge in [0.15, 0.2) is 17.4 Å². The van der Waals surface area contributed by atoms with Gasteiger partial charge >= 0.3 is 0 Å². The summed E-state index contributed by atoms with van der Waals surface area (Å²) in [5, 5.41) is 11.1. The number of nitrogens with one attached hydrogen (secondary N) is 1. The third-order valence-corrected chi connectivity index (χ3v) is 2.35. The SMILES string of the molecule is C=C(C)CNC(N)=NCc1nnc2ccccn12. The van der Waals surface area contributed by atoms with Crippen molar-refractivity contribution in [1.29, 1.82) is 0 Å². The van der Waals surface area contributed by atoms with Crippen LogP contribution in [0.4, 0.5) is 0 Å². The fraction of sp³-hybridized carbons (Fsp3) is 0.250. The first kappa shape index (κ1) is 12.1. The minimum atomic E-state index is 0.380. The van der Waals surface area contributed by atoms with Crippen LogP contribution in [-0.2, 0) is 6.54 Å². The Hall–Kier alpha value is -2.37. The molecule has 0 spiro atoms. The lowest BCUT2D eigenvalue weighted by Gasteiger charge is -2.04. The maximum atomic E-state index is 5.72. The van der Waals surface area contributed by atoms with Crippen LogP contribution in [0.25, 0.3) is 5.65 Å². The molecule has 0 bridgehead atoms. The van der Waals surface area contributed by atoms with Crippen LogP contribution < -0.4 is 11.1 Å². The number of aliphatic imine (C=N–C) groups is 1. The average Bonchev–Trinajstić information content (AvgIpc) is 2.77. The predicted octanol–water partition coefficient (Wildman–Crippen LogP) is 0.710. The van der Waals surface area contributed by atoms with E-state index in [2.05, 4.69) is 27.1 Å². The molecule has 0 atom stereocenters. The summed E-state index contributed by atoms with van der Waals surface area (Å²) in [6.07, 6.45) is 1.90. The lowest BCUT2D eigenvalue weighted by atomic mass is 10.3. The Kier molecular flexibility index (Phi) is 3.57. The molecule has 6 heteroatoms. The predicted molar refractivity (Wildman–Crippen MR) is 71.1 cm³/mol. The Morgan fingerprint density at radius 3 is 3.11 bits per heavy atom. The molecule has 94 valence electrons. The molecule has 0 aliphatic heterocycles. The molecule has 2 rings (SSSR count). The van der Waals surface area contributed by atoms with Gasteiger partial charge in [-0.1, -0.05) is 18.2 Å². The Labute approximate surface area is 105 Å². The molecule has 2 heterocycles. The number of rotatable bonds is 4. The second-order valence-electron chi connectivity index (χ2n) is 4.06. The Bertz CT molecular complexity index is 583. The zero-order chi connectivity index (χ0) is 13.0. The van der Waals surface area contributed by atoms with Crippen molar-refractivity contribution >= 4 is 11.6 Å². The third-order valence-electron chi connectivity index (χ3n) is 2.35. The van der Waals surface area contributed by atoms with Gasteiger partial charge in [-0.3, -0.25) is 4.40 Å². The number of nitrogens with two attached hydrogens (primary N) is 1. The molecule has 0 aromatic carbocycles. The van der Waals surface area contributed by atoms with Crippen LogP contribution in [0.1, 0.15) is 12.7 Å². The number of pyridine rings is 1. The van der Waals surface area contributed by atoms with Gasteiger partial charge in [0.25, 0.3) is 0 Å². The van der Waals surface area contributed by atoms with Crippen LogP contribution >= 0.6 is 0 Å². The molecule has 0 saturated heterocycles. The standard InChI is InChI=1S/C12H16N6/c1-9(2)7-14-12(13)15-8-11-17-16-10-5-3-4-6-18(10)11/h3-6H,1,7-8H2,2H3,(H3,13,14,15). The van der Waals surface area contributed by atoms with Gasteiger partial charge in [0.05, 0.1) is 0 Å². The summed E-state index contributed by atoms with van der Waals surface area (Å²) >= 11 is 0. The second-order valence-corrected chi connectivity index (χ2v) is 4.06. The van der Waals surface area contributed by atoms with E-state index in [1.54, 1.807) is 0 Å². The normalized spacial score (nSPS) is 11.7. The Balaban J connectivity index is 2.05. The van der Waals surface area contributed by atoms with Crippen LogP contribution in [0.15, 0.2) is 41.5 Å². The van der Waals surface area contributed by atoms with Gasteiger partial charge in [-0.25, -0.2) is 4.99 Å². The van der Waals surface area contributed by atoms with Crippen LogP contribution in [0.3, 0.4) is 0 Å². The third kappa shape index (κ3) is 2.85. The lowest BCUT2D eigenvalue weighted by Crippen LogP contribution is -2.32. The van der Waals surface area contributed by atoms with Gasteiger partial charge in [-0.05, 0) is 19.1 Å². The van der Waals surface area contributed by atoms with Crippen molar-refractivity contribution < 1.29 is 0 Å². The number of hydrogen-bond acceptors (Lipinski definition) is 3. The van der Waals surface area contributed by atoms with Crippen molar-refractivity contribution in [3.05, 3.63) is 42.4 Å². The molecule has 0 unspecified atom stereocenters. The van der Waals surface area contributed by atoms with Gasteiger partial charge in [0, 0.05) is 12.7 Å². The van der Waals surface area contributed by atoms with E-state index in [1.807, 2.05) is 35.7 Å². The minimum Gasteiger partial charge on any atom is -0.370 e. The summed E-state index contributed by atoms with van der Waals surface area (Å²) < 4.78 is 1.88. The summed E-state index contributed by atoms with van der Waals surface area (Å²) in [5.41, 5.74) is 7.53. The number of hydrogen-bond donors (Lipinski definition) is 2. The highest BCUT2D eigenvalue weighted by Crippen LogP contribution is 2.03. The molecule has 2 aromatic heterocycles. The smallest absolute Gasteiger partial charge is 0.189 e. The van der Waals surface area contributed by atoms with Crippen LogP contribution in [0.2, 0.25) is 0 Å². The zero-order valence-corrected chi connectivity index (χ0v) is 10.3. The van der Waals surface area contributed by atoms with E-state index in [0.717, 1.165) is 17.0 Å². The summed E-state index contributed by atoms with van der Waals surface area (Å²) in [7, 11) is 0. The molecule has 6 nitrogen and oxygen atoms in total. The second kappa shape index (κ2) is 5.31. The van der Waals surface area contributed by atoms with Gasteiger partial charge in [-0.2, -0.15) is 0 Å². The van der Waals surface area contributed by atoms with Crippen LogP contribution in [-0.4, -0.2) is 27.1 Å². The van der Waals surface area contributed by atoms with Gasteiger partial charge < -0.3 is 11.1 Å². The molecule has 0 aliphatic rings. The quantitative estimate of drug-likeness (QED) is 0.471. The van der Waals surface area contributed by atoms with Crippen LogP contribution in [0, 0.1) is 0 Å². The zero-order valence-electron chi connectivity index (χ0n) is 10.3. The summed E-state index contributed by atoms with van der Waals surface area (Å²) in [6.45, 7) is 6.71. The fourth-order valence-corrected chi connectivity index (χ4v) is 1.45. The highest BCUT2D eigenvalue weighted by atomic mass is 15.3. The largest absolute Gasteiger partial charge is 0.370 e. The molecule has 2 aromatic rings. The van der Waals surface area contributed by atoms with E-state index in [0.29, 0.717) is 19.0 Å². The van der Waals surface area contributed by atoms with Crippen molar-refractivity contribution in [2.45, 2.75) is 13.5 Å². The average molecular weight is 244 g/mol. The summed E-state index contributed by atoms with van der Waals surface area (Å²) in [5.74, 6) is 1.14. The fourth-order valence-electron chi connectivity index (χ4n) is 1.45. The van der Waals surface area contributed by atoms with Gasteiger partial charge in [0.1, 0.15) is 6.54 Å². The summed E-state index contributed by atoms with van der Waals surface area (Å²) in [6, 6.07) is 5.73. The lowest BCUT2D eigenvalue weighted by molar-refractivity contribution is 0.863. The van der Waals surface area contributed by atoms with Crippen molar-refractivity contribution in [2.24, 2.45) is 10.7 Å². The molecule has 0 saturated carbocycles. The van der Waals surface area contributed by atoms with E-state index in [4.69, 9.17) is 5.73 Å². The highest BCUT2D eigenvalue weighted by molar-refractivity contribution is 5.77. The van der Waals surface area contributed by atoms with E-state index in [1.165, 1.54) is 0 Å². The summed E-state index contributed by atoms with van der Waals surface area (Å²) in [4.78, 5) is 4.21. The van der Waals surface area contributed by atoms with E-state index >= 15 is 0 Å². The number of aromatic nitrogens is 3. The molecule has 0 radical (unpaired) electrons. The van der Waals surface area contributed by atoms with Gasteiger partial charge in [0.2, 0.25) is 0 Å². The first-order chi connectivity index (χ1) is 8.66. The van der Waals surface area contributed by atoms with Crippen molar-refractivity contribution in [3.63, 3.8) is 0 Å². The molecular formula is C12H16N6. The molecule has 3 N–H and O–H groups in total. The maximum absolute atomic E-state index is 5.72. The first-order valence-electron chi connectivity index (χ1n) is 5.63. The van der Waals surface area contributed by atoms with Crippen molar-refractivity contribution in [1.82, 2.24) is 19.9 Å². The monoisotopic (exact) mass is 244 g/mol. The molecule has 18 heavy (non-hydrogen) atoms. The van der Waals surface area contributed by atoms with Crippen molar-refractivity contribution in [2.75, 3.05) is 6.54 Å². The number of fused-ring (bicyclic) bond motifs is 1. The Morgan fingerprint density at radius 1 is 1.50 bits per heavy atom. The van der Waals surface area contributed by atoms with E-state index in [-0.39, 0.29) is 0 Å². The number of nitrogens with zero attached hydrogens (tertiary/aromatic N) is 4. The molecule has 0 fully saturated rings. The van der Waals surface area contributed by atoms with E-state index < -0.39 is 0 Å². The first-order valence-corrected chi connectivity index (χ1v) is 5.63. The van der Waals surface area contributed by atoms with E-state index in [9.17, 15) is 0 Å². The molecular weight excluding hydrogens is 228 g/mol. The topological polar surface area (TPSA) is 80.6 Å². The van der Waals surface area contributed by atoms with Gasteiger partial charge in [-0.15, -0.1) is 10.2 Å². The van der Waals surface area contributed by atoms with Crippen molar-refractivity contribution in [3.8, 4) is 0 Å². The minimum absolute atomic E-state index is 0.380.